The normalized spacial score (nSPS) is 23.5. The van der Waals surface area contributed by atoms with Gasteiger partial charge < -0.3 is 4.90 Å². The predicted molar refractivity (Wildman–Crippen MR) is 51.6 cm³/mol. The van der Waals surface area contributed by atoms with Gasteiger partial charge in [-0.15, -0.1) is 0 Å². The van der Waals surface area contributed by atoms with Gasteiger partial charge in [-0.25, -0.2) is 0 Å². The number of hydrogen-bond acceptors (Lipinski definition) is 1. The molecule has 1 saturated heterocycles. The first kappa shape index (κ1) is 10.5. The molecule has 1 heteroatoms. The summed E-state index contributed by atoms with van der Waals surface area (Å²) in [5, 5.41) is 0. The van der Waals surface area contributed by atoms with E-state index < -0.39 is 0 Å². The highest BCUT2D eigenvalue weighted by molar-refractivity contribution is 4.80. The van der Waals surface area contributed by atoms with Crippen molar-refractivity contribution in [2.45, 2.75) is 46.1 Å². The summed E-state index contributed by atoms with van der Waals surface area (Å²) in [5.41, 5.74) is 0. The topological polar surface area (TPSA) is 3.24 Å². The molecule has 1 unspecified atom stereocenters. The Labute approximate surface area is 71.1 Å². The molecule has 0 spiro atoms. The summed E-state index contributed by atoms with van der Waals surface area (Å²) in [6.45, 7) is 11.2. The second-order valence-electron chi connectivity index (χ2n) is 2.77. The van der Waals surface area contributed by atoms with E-state index in [4.69, 9.17) is 0 Å². The molecule has 0 amide bonds. The Morgan fingerprint density at radius 2 is 2.00 bits per heavy atom. The van der Waals surface area contributed by atoms with Gasteiger partial charge in [0, 0.05) is 12.6 Å². The number of hydrogen-bond donors (Lipinski definition) is 0. The fourth-order valence-electron chi connectivity index (χ4n) is 1.39. The lowest BCUT2D eigenvalue weighted by atomic mass is 10.0. The highest BCUT2D eigenvalue weighted by atomic mass is 15.1. The molecule has 1 nitrogen and oxygen atoms in total. The molecule has 11 heavy (non-hydrogen) atoms. The van der Waals surface area contributed by atoms with Crippen molar-refractivity contribution in [2.75, 3.05) is 6.54 Å². The summed E-state index contributed by atoms with van der Waals surface area (Å²) in [6, 6.07) is 0.733. The van der Waals surface area contributed by atoms with Gasteiger partial charge in [0.1, 0.15) is 0 Å². The zero-order valence-electron chi connectivity index (χ0n) is 8.14. The van der Waals surface area contributed by atoms with Crippen LogP contribution in [0.4, 0.5) is 0 Å². The standard InChI is InChI=1S/C8H15N.C2H6/c1-3-9-7-5-4-6-8(9)2;1-2/h3,8H,1,4-7H2,2H3;1-2H3. The fourth-order valence-corrected chi connectivity index (χ4v) is 1.39. The van der Waals surface area contributed by atoms with Gasteiger partial charge in [-0.2, -0.15) is 0 Å². The Morgan fingerprint density at radius 3 is 2.36 bits per heavy atom. The van der Waals surface area contributed by atoms with Gasteiger partial charge in [-0.1, -0.05) is 20.4 Å². The molecule has 1 aliphatic heterocycles. The van der Waals surface area contributed by atoms with E-state index in [-0.39, 0.29) is 0 Å². The van der Waals surface area contributed by atoms with Gasteiger partial charge in [-0.3, -0.25) is 0 Å². The van der Waals surface area contributed by atoms with E-state index in [2.05, 4.69) is 18.4 Å². The molecule has 0 N–H and O–H groups in total. The average Bonchev–Trinajstić information content (AvgIpc) is 2.09. The molecular weight excluding hydrogens is 134 g/mol. The summed E-state index contributed by atoms with van der Waals surface area (Å²) in [5.74, 6) is 0. The van der Waals surface area contributed by atoms with Crippen LogP contribution < -0.4 is 0 Å². The second-order valence-corrected chi connectivity index (χ2v) is 2.77. The molecule has 0 radical (unpaired) electrons. The quantitative estimate of drug-likeness (QED) is 0.562. The third-order valence-corrected chi connectivity index (χ3v) is 2.09. The van der Waals surface area contributed by atoms with Gasteiger partial charge in [0.15, 0.2) is 0 Å². The SMILES string of the molecule is C=CN1CCCCC1C.CC. The number of likely N-dealkylation sites (tertiary alicyclic amines) is 1. The van der Waals surface area contributed by atoms with Crippen LogP contribution in [-0.2, 0) is 0 Å². The van der Waals surface area contributed by atoms with E-state index in [9.17, 15) is 0 Å². The van der Waals surface area contributed by atoms with E-state index in [0.29, 0.717) is 0 Å². The zero-order chi connectivity index (χ0) is 8.69. The van der Waals surface area contributed by atoms with E-state index in [0.717, 1.165) is 6.04 Å². The van der Waals surface area contributed by atoms with Gasteiger partial charge in [0.05, 0.1) is 0 Å². The maximum absolute atomic E-state index is 3.76. The number of piperidine rings is 1. The van der Waals surface area contributed by atoms with Gasteiger partial charge in [-0.05, 0) is 32.4 Å². The summed E-state index contributed by atoms with van der Waals surface area (Å²) < 4.78 is 0. The van der Waals surface area contributed by atoms with E-state index in [1.807, 2.05) is 20.0 Å². The van der Waals surface area contributed by atoms with Crippen LogP contribution in [0.3, 0.4) is 0 Å². The maximum Gasteiger partial charge on any atom is 0.0255 e. The maximum atomic E-state index is 3.76. The van der Waals surface area contributed by atoms with Crippen LogP contribution in [0.25, 0.3) is 0 Å². The molecule has 0 bridgehead atoms. The molecule has 0 saturated carbocycles. The van der Waals surface area contributed by atoms with Crippen LogP contribution in [0.5, 0.6) is 0 Å². The monoisotopic (exact) mass is 155 g/mol. The van der Waals surface area contributed by atoms with Gasteiger partial charge in [0.25, 0.3) is 0 Å². The first-order chi connectivity index (χ1) is 5.34. The molecule has 0 aromatic heterocycles. The highest BCUT2D eigenvalue weighted by Crippen LogP contribution is 2.15. The van der Waals surface area contributed by atoms with E-state index in [1.54, 1.807) is 0 Å². The van der Waals surface area contributed by atoms with Crippen LogP contribution >= 0.6 is 0 Å². The Bertz CT molecular complexity index is 99.0. The van der Waals surface area contributed by atoms with Crippen molar-refractivity contribution in [2.24, 2.45) is 0 Å². The van der Waals surface area contributed by atoms with Crippen molar-refractivity contribution >= 4 is 0 Å². The fraction of sp³-hybridized carbons (Fsp3) is 0.800. The van der Waals surface area contributed by atoms with Gasteiger partial charge >= 0.3 is 0 Å². The molecular formula is C10H21N. The summed E-state index contributed by atoms with van der Waals surface area (Å²) in [6.07, 6.45) is 6.04. The molecule has 0 aromatic carbocycles. The number of nitrogens with zero attached hydrogens (tertiary/aromatic N) is 1. The Morgan fingerprint density at radius 1 is 1.36 bits per heavy atom. The first-order valence-electron chi connectivity index (χ1n) is 4.73. The molecule has 66 valence electrons. The molecule has 0 aliphatic carbocycles. The van der Waals surface area contributed by atoms with Crippen LogP contribution in [0.1, 0.15) is 40.0 Å². The van der Waals surface area contributed by atoms with E-state index in [1.165, 1.54) is 25.8 Å². The van der Waals surface area contributed by atoms with Crippen LogP contribution in [-0.4, -0.2) is 17.5 Å². The number of rotatable bonds is 1. The Kier molecular flexibility index (Phi) is 6.00. The summed E-state index contributed by atoms with van der Waals surface area (Å²) >= 11 is 0. The van der Waals surface area contributed by atoms with Crippen LogP contribution in [0.15, 0.2) is 12.8 Å². The zero-order valence-corrected chi connectivity index (χ0v) is 8.14. The summed E-state index contributed by atoms with van der Waals surface area (Å²) in [7, 11) is 0. The Hall–Kier alpha value is -0.460. The third kappa shape index (κ3) is 3.45. The lowest BCUT2D eigenvalue weighted by Crippen LogP contribution is -2.32. The van der Waals surface area contributed by atoms with Crippen molar-refractivity contribution in [1.29, 1.82) is 0 Å². The molecule has 1 heterocycles. The average molecular weight is 155 g/mol. The molecule has 1 rings (SSSR count). The molecule has 1 atom stereocenters. The largest absolute Gasteiger partial charge is 0.375 e. The van der Waals surface area contributed by atoms with Crippen molar-refractivity contribution < 1.29 is 0 Å². The molecule has 1 aliphatic rings. The van der Waals surface area contributed by atoms with Crippen LogP contribution in [0.2, 0.25) is 0 Å². The second kappa shape index (κ2) is 6.26. The predicted octanol–water partition coefficient (Wildman–Crippen LogP) is 3.03. The molecule has 1 fully saturated rings. The van der Waals surface area contributed by atoms with Crippen molar-refractivity contribution in [1.82, 2.24) is 4.90 Å². The highest BCUT2D eigenvalue weighted by Gasteiger charge is 2.12. The van der Waals surface area contributed by atoms with Crippen molar-refractivity contribution in [3.8, 4) is 0 Å². The lowest BCUT2D eigenvalue weighted by molar-refractivity contribution is 0.229. The smallest absolute Gasteiger partial charge is 0.0255 e. The summed E-state index contributed by atoms with van der Waals surface area (Å²) in [4.78, 5) is 2.32. The van der Waals surface area contributed by atoms with Crippen LogP contribution in [0, 0.1) is 0 Å². The lowest BCUT2D eigenvalue weighted by Gasteiger charge is -2.31. The van der Waals surface area contributed by atoms with Crippen molar-refractivity contribution in [3.05, 3.63) is 12.8 Å². The Balaban J connectivity index is 0.000000461. The third-order valence-electron chi connectivity index (χ3n) is 2.09. The van der Waals surface area contributed by atoms with Gasteiger partial charge in [0.2, 0.25) is 0 Å². The minimum atomic E-state index is 0.733. The minimum absolute atomic E-state index is 0.733. The molecule has 0 aromatic rings. The van der Waals surface area contributed by atoms with Crippen molar-refractivity contribution in [3.63, 3.8) is 0 Å². The van der Waals surface area contributed by atoms with E-state index >= 15 is 0 Å². The minimum Gasteiger partial charge on any atom is -0.375 e. The first-order valence-corrected chi connectivity index (χ1v) is 4.73.